The van der Waals surface area contributed by atoms with Crippen LogP contribution in [0.3, 0.4) is 0 Å². The Morgan fingerprint density at radius 3 is 2.78 bits per heavy atom. The van der Waals surface area contributed by atoms with Gasteiger partial charge in [0.25, 0.3) is 0 Å². The van der Waals surface area contributed by atoms with Crippen LogP contribution in [0.25, 0.3) is 6.08 Å². The van der Waals surface area contributed by atoms with Gasteiger partial charge in [-0.25, -0.2) is 0 Å². The Labute approximate surface area is 159 Å². The summed E-state index contributed by atoms with van der Waals surface area (Å²) in [5.74, 6) is 1.73. The molecule has 0 saturated heterocycles. The van der Waals surface area contributed by atoms with Crippen LogP contribution in [0.4, 0.5) is 0 Å². The second kappa shape index (κ2) is 9.12. The second-order valence-corrected chi connectivity index (χ2v) is 6.51. The van der Waals surface area contributed by atoms with Crippen molar-refractivity contribution >= 4 is 12.0 Å². The van der Waals surface area contributed by atoms with Crippen LogP contribution in [0.1, 0.15) is 24.5 Å². The largest absolute Gasteiger partial charge is 0.493 e. The maximum atomic E-state index is 12.2. The van der Waals surface area contributed by atoms with Crippen LogP contribution in [0.5, 0.6) is 17.2 Å². The lowest BCUT2D eigenvalue weighted by atomic mass is 10.1. The van der Waals surface area contributed by atoms with E-state index in [0.717, 1.165) is 18.4 Å². The molecule has 1 atom stereocenters. The van der Waals surface area contributed by atoms with E-state index in [-0.39, 0.29) is 11.9 Å². The Hall–Kier alpha value is -2.95. The van der Waals surface area contributed by atoms with Gasteiger partial charge < -0.3 is 19.5 Å². The zero-order valence-corrected chi connectivity index (χ0v) is 15.7. The maximum absolute atomic E-state index is 12.2. The van der Waals surface area contributed by atoms with Gasteiger partial charge in [-0.15, -0.1) is 0 Å². The average Bonchev–Trinajstić information content (AvgIpc) is 2.71. The van der Waals surface area contributed by atoms with Crippen molar-refractivity contribution in [3.05, 3.63) is 59.7 Å². The average molecular weight is 367 g/mol. The number of nitrogens with one attached hydrogen (secondary N) is 1. The lowest BCUT2D eigenvalue weighted by Crippen LogP contribution is -2.31. The first-order valence-corrected chi connectivity index (χ1v) is 9.16. The Bertz CT molecular complexity index is 784. The Morgan fingerprint density at radius 2 is 2.00 bits per heavy atom. The van der Waals surface area contributed by atoms with Gasteiger partial charge in [-0.05, 0) is 49.1 Å². The van der Waals surface area contributed by atoms with Crippen molar-refractivity contribution in [1.29, 1.82) is 0 Å². The summed E-state index contributed by atoms with van der Waals surface area (Å²) in [7, 11) is 1.59. The first kappa shape index (κ1) is 18.8. The minimum atomic E-state index is -0.121. The molecule has 0 fully saturated rings. The molecule has 0 spiro atoms. The molecular formula is C22H25NO4. The number of carbonyl (C=O) groups excluding carboxylic acids is 1. The van der Waals surface area contributed by atoms with Gasteiger partial charge in [0, 0.05) is 12.1 Å². The summed E-state index contributed by atoms with van der Waals surface area (Å²) < 4.78 is 16.6. The van der Waals surface area contributed by atoms with Crippen LogP contribution in [0, 0.1) is 0 Å². The van der Waals surface area contributed by atoms with Crippen LogP contribution in [-0.4, -0.2) is 32.3 Å². The fourth-order valence-electron chi connectivity index (χ4n) is 2.95. The van der Waals surface area contributed by atoms with Crippen molar-refractivity contribution < 1.29 is 19.0 Å². The lowest BCUT2D eigenvalue weighted by molar-refractivity contribution is -0.117. The van der Waals surface area contributed by atoms with E-state index in [4.69, 9.17) is 14.2 Å². The number of benzene rings is 2. The predicted octanol–water partition coefficient (Wildman–Crippen LogP) is 3.62. The predicted molar refractivity (Wildman–Crippen MR) is 105 cm³/mol. The quantitative estimate of drug-likeness (QED) is 0.760. The van der Waals surface area contributed by atoms with Crippen LogP contribution >= 0.6 is 0 Å². The summed E-state index contributed by atoms with van der Waals surface area (Å²) in [5, 5.41) is 3.00. The summed E-state index contributed by atoms with van der Waals surface area (Å²) in [4.78, 5) is 12.2. The molecule has 5 heteroatoms. The van der Waals surface area contributed by atoms with Crippen molar-refractivity contribution in [1.82, 2.24) is 5.32 Å². The number of methoxy groups -OCH3 is 1. The second-order valence-electron chi connectivity index (χ2n) is 6.51. The third kappa shape index (κ3) is 5.26. The van der Waals surface area contributed by atoms with Crippen molar-refractivity contribution in [3.8, 4) is 17.2 Å². The smallest absolute Gasteiger partial charge is 0.244 e. The number of hydrogen-bond donors (Lipinski definition) is 1. The Morgan fingerprint density at radius 1 is 1.22 bits per heavy atom. The monoisotopic (exact) mass is 367 g/mol. The van der Waals surface area contributed by atoms with E-state index in [9.17, 15) is 4.79 Å². The van der Waals surface area contributed by atoms with Crippen molar-refractivity contribution in [2.45, 2.75) is 25.8 Å². The summed E-state index contributed by atoms with van der Waals surface area (Å²) >= 11 is 0. The van der Waals surface area contributed by atoms with Crippen molar-refractivity contribution in [2.24, 2.45) is 0 Å². The number of rotatable bonds is 7. The number of carbonyl (C=O) groups is 1. The van der Waals surface area contributed by atoms with E-state index < -0.39 is 0 Å². The Kier molecular flexibility index (Phi) is 6.36. The third-order valence-electron chi connectivity index (χ3n) is 4.37. The summed E-state index contributed by atoms with van der Waals surface area (Å²) in [6.45, 7) is 3.02. The molecule has 1 amide bonds. The number of ether oxygens (including phenoxy) is 3. The lowest BCUT2D eigenvalue weighted by Gasteiger charge is -2.21. The van der Waals surface area contributed by atoms with Crippen LogP contribution < -0.4 is 19.5 Å². The van der Waals surface area contributed by atoms with Crippen LogP contribution in [0.2, 0.25) is 0 Å². The number of hydrogen-bond acceptors (Lipinski definition) is 4. The van der Waals surface area contributed by atoms with Gasteiger partial charge in [0.1, 0.15) is 13.2 Å². The van der Waals surface area contributed by atoms with Gasteiger partial charge in [-0.3, -0.25) is 4.79 Å². The molecule has 142 valence electrons. The molecule has 27 heavy (non-hydrogen) atoms. The van der Waals surface area contributed by atoms with E-state index in [1.807, 2.05) is 37.3 Å². The van der Waals surface area contributed by atoms with Gasteiger partial charge in [0.2, 0.25) is 11.7 Å². The van der Waals surface area contributed by atoms with E-state index in [1.54, 1.807) is 13.2 Å². The molecule has 0 saturated carbocycles. The zero-order valence-electron chi connectivity index (χ0n) is 15.7. The molecule has 1 aliphatic rings. The third-order valence-corrected chi connectivity index (χ3v) is 4.37. The fourth-order valence-corrected chi connectivity index (χ4v) is 2.95. The molecule has 2 aromatic rings. The highest BCUT2D eigenvalue weighted by atomic mass is 16.6. The van der Waals surface area contributed by atoms with Crippen molar-refractivity contribution in [3.63, 3.8) is 0 Å². The highest BCUT2D eigenvalue weighted by molar-refractivity contribution is 5.92. The molecule has 1 aliphatic heterocycles. The summed E-state index contributed by atoms with van der Waals surface area (Å²) in [6.07, 6.45) is 5.11. The fraction of sp³-hybridized carbons (Fsp3) is 0.318. The van der Waals surface area contributed by atoms with Crippen LogP contribution in [-0.2, 0) is 11.2 Å². The highest BCUT2D eigenvalue weighted by Crippen LogP contribution is 2.40. The van der Waals surface area contributed by atoms with Gasteiger partial charge in [0.05, 0.1) is 7.11 Å². The van der Waals surface area contributed by atoms with E-state index >= 15 is 0 Å². The molecule has 1 unspecified atom stereocenters. The molecule has 1 heterocycles. The van der Waals surface area contributed by atoms with Gasteiger partial charge in [-0.1, -0.05) is 30.3 Å². The number of aryl methyl sites for hydroxylation is 1. The molecular weight excluding hydrogens is 342 g/mol. The van der Waals surface area contributed by atoms with E-state index in [2.05, 4.69) is 17.4 Å². The highest BCUT2D eigenvalue weighted by Gasteiger charge is 2.17. The van der Waals surface area contributed by atoms with Gasteiger partial charge in [0.15, 0.2) is 11.5 Å². The molecule has 0 radical (unpaired) electrons. The Balaban J connectivity index is 1.56. The molecule has 0 bridgehead atoms. The number of amides is 1. The first-order chi connectivity index (χ1) is 13.2. The van der Waals surface area contributed by atoms with E-state index in [0.29, 0.717) is 30.5 Å². The standard InChI is InChI=1S/C22H25NO4/c1-16(8-9-17-6-4-3-5-7-17)23-21(24)11-10-18-14-19(25-2)22-20(15-18)26-12-13-27-22/h3-7,10-11,14-16H,8-9,12-13H2,1-2H3,(H,23,24)/b11-10+. The minimum Gasteiger partial charge on any atom is -0.493 e. The molecule has 0 aromatic heterocycles. The normalized spacial score (nSPS) is 14.0. The molecule has 3 rings (SSSR count). The first-order valence-electron chi connectivity index (χ1n) is 9.16. The van der Waals surface area contributed by atoms with E-state index in [1.165, 1.54) is 11.6 Å². The molecule has 1 N–H and O–H groups in total. The van der Waals surface area contributed by atoms with Gasteiger partial charge in [-0.2, -0.15) is 0 Å². The molecule has 2 aromatic carbocycles. The maximum Gasteiger partial charge on any atom is 0.244 e. The summed E-state index contributed by atoms with van der Waals surface area (Å²) in [6, 6.07) is 14.0. The van der Waals surface area contributed by atoms with Gasteiger partial charge >= 0.3 is 0 Å². The van der Waals surface area contributed by atoms with Crippen LogP contribution in [0.15, 0.2) is 48.5 Å². The summed E-state index contributed by atoms with van der Waals surface area (Å²) in [5.41, 5.74) is 2.10. The minimum absolute atomic E-state index is 0.0946. The topological polar surface area (TPSA) is 56.8 Å². The van der Waals surface area contributed by atoms with Crippen molar-refractivity contribution in [2.75, 3.05) is 20.3 Å². The zero-order chi connectivity index (χ0) is 19.1. The molecule has 5 nitrogen and oxygen atoms in total. The number of fused-ring (bicyclic) bond motifs is 1. The molecule has 0 aliphatic carbocycles. The SMILES string of the molecule is COc1cc(/C=C/C(=O)NC(C)CCc2ccccc2)cc2c1OCCO2.